The molecule has 0 saturated carbocycles. The lowest BCUT2D eigenvalue weighted by molar-refractivity contribution is -0.114. The third-order valence-electron chi connectivity index (χ3n) is 3.09. The number of hydrogen-bond donors (Lipinski definition) is 1. The first kappa shape index (κ1) is 19.9. The summed E-state index contributed by atoms with van der Waals surface area (Å²) in [4.78, 5) is 14.6. The van der Waals surface area contributed by atoms with Gasteiger partial charge in [0.2, 0.25) is 10.0 Å². The molecule has 0 aliphatic rings. The van der Waals surface area contributed by atoms with Gasteiger partial charge in [-0.25, -0.2) is 13.4 Å². The summed E-state index contributed by atoms with van der Waals surface area (Å²) in [7, 11) is -3.70. The molecule has 0 saturated heterocycles. The summed E-state index contributed by atoms with van der Waals surface area (Å²) in [5.74, 6) is -0.599. The van der Waals surface area contributed by atoms with Gasteiger partial charge in [-0.05, 0) is 18.2 Å². The highest BCUT2D eigenvalue weighted by molar-refractivity contribution is 7.89. The minimum absolute atomic E-state index is 0.123. The number of fused-ring (bicyclic) bond motifs is 1. The van der Waals surface area contributed by atoms with Gasteiger partial charge in [0.05, 0.1) is 15.1 Å². The first-order chi connectivity index (χ1) is 11.8. The van der Waals surface area contributed by atoms with Crippen LogP contribution in [-0.4, -0.2) is 41.5 Å². The second kappa shape index (κ2) is 8.29. The standard InChI is InChI=1S/C15H15Cl2N3O3S2/c1-3-7-20(8-4-2)25(22,23)10-5-6-11-12(9-10)24-15(18-11)19-14(21)13(16)17/h3-6,9,13H,1-2,7-8H2,(H,18,19,21). The van der Waals surface area contributed by atoms with E-state index in [1.54, 1.807) is 6.07 Å². The monoisotopic (exact) mass is 419 g/mol. The van der Waals surface area contributed by atoms with E-state index in [0.717, 1.165) is 11.3 Å². The minimum Gasteiger partial charge on any atom is -0.300 e. The van der Waals surface area contributed by atoms with E-state index in [9.17, 15) is 13.2 Å². The second-order valence-electron chi connectivity index (χ2n) is 4.84. The fourth-order valence-electron chi connectivity index (χ4n) is 1.99. The van der Waals surface area contributed by atoms with Crippen molar-refractivity contribution in [3.05, 3.63) is 43.5 Å². The number of aromatic nitrogens is 1. The van der Waals surface area contributed by atoms with Crippen LogP contribution in [0.1, 0.15) is 0 Å². The quantitative estimate of drug-likeness (QED) is 0.525. The van der Waals surface area contributed by atoms with Gasteiger partial charge in [0.25, 0.3) is 5.91 Å². The molecule has 1 aromatic heterocycles. The van der Waals surface area contributed by atoms with E-state index in [1.807, 2.05) is 0 Å². The maximum atomic E-state index is 12.7. The van der Waals surface area contributed by atoms with Gasteiger partial charge in [-0.2, -0.15) is 4.31 Å². The van der Waals surface area contributed by atoms with Gasteiger partial charge < -0.3 is 0 Å². The molecule has 10 heteroatoms. The molecule has 1 aromatic carbocycles. The summed E-state index contributed by atoms with van der Waals surface area (Å²) in [5.41, 5.74) is 0.555. The Morgan fingerprint density at radius 3 is 2.52 bits per heavy atom. The lowest BCUT2D eigenvalue weighted by Gasteiger charge is -2.18. The Morgan fingerprint density at radius 1 is 1.32 bits per heavy atom. The van der Waals surface area contributed by atoms with Gasteiger partial charge in [-0.15, -0.1) is 13.2 Å². The first-order valence-corrected chi connectivity index (χ1v) is 10.1. The lowest BCUT2D eigenvalue weighted by Crippen LogP contribution is -2.31. The smallest absolute Gasteiger partial charge is 0.259 e. The molecule has 1 amide bonds. The summed E-state index contributed by atoms with van der Waals surface area (Å²) < 4.78 is 27.3. The van der Waals surface area contributed by atoms with E-state index in [4.69, 9.17) is 23.2 Å². The van der Waals surface area contributed by atoms with Gasteiger partial charge in [-0.1, -0.05) is 46.7 Å². The van der Waals surface area contributed by atoms with Crippen LogP contribution in [0.3, 0.4) is 0 Å². The highest BCUT2D eigenvalue weighted by atomic mass is 35.5. The van der Waals surface area contributed by atoms with E-state index in [1.165, 1.54) is 28.6 Å². The number of benzene rings is 1. The molecule has 0 aliphatic carbocycles. The molecule has 0 bridgehead atoms. The number of nitrogens with zero attached hydrogens (tertiary/aromatic N) is 2. The fraction of sp³-hybridized carbons (Fsp3) is 0.200. The summed E-state index contributed by atoms with van der Waals surface area (Å²) in [5, 5.41) is 2.76. The third kappa shape index (κ3) is 4.59. The number of anilines is 1. The molecule has 2 rings (SSSR count). The molecule has 0 unspecified atom stereocenters. The van der Waals surface area contributed by atoms with Crippen molar-refractivity contribution in [2.45, 2.75) is 9.73 Å². The van der Waals surface area contributed by atoms with Crippen LogP contribution >= 0.6 is 34.5 Å². The zero-order valence-corrected chi connectivity index (χ0v) is 16.1. The summed E-state index contributed by atoms with van der Waals surface area (Å²) in [6.45, 7) is 7.49. The molecular formula is C15H15Cl2N3O3S2. The topological polar surface area (TPSA) is 79.4 Å². The average Bonchev–Trinajstić information content (AvgIpc) is 2.95. The van der Waals surface area contributed by atoms with Gasteiger partial charge in [0.1, 0.15) is 0 Å². The van der Waals surface area contributed by atoms with Gasteiger partial charge in [0, 0.05) is 13.1 Å². The molecule has 134 valence electrons. The van der Waals surface area contributed by atoms with Crippen LogP contribution in [0.25, 0.3) is 10.2 Å². The van der Waals surface area contributed by atoms with Crippen molar-refractivity contribution in [1.29, 1.82) is 0 Å². The SMILES string of the molecule is C=CCN(CC=C)S(=O)(=O)c1ccc2nc(NC(=O)C(Cl)Cl)sc2c1. The van der Waals surface area contributed by atoms with E-state index >= 15 is 0 Å². The molecule has 6 nitrogen and oxygen atoms in total. The second-order valence-corrected chi connectivity index (χ2v) is 8.90. The summed E-state index contributed by atoms with van der Waals surface area (Å²) >= 11 is 12.1. The summed E-state index contributed by atoms with van der Waals surface area (Å²) in [6.07, 6.45) is 3.02. The highest BCUT2D eigenvalue weighted by Crippen LogP contribution is 2.29. The number of sulfonamides is 1. The minimum atomic E-state index is -3.70. The Morgan fingerprint density at radius 2 is 1.96 bits per heavy atom. The molecule has 0 fully saturated rings. The van der Waals surface area contributed by atoms with Crippen molar-refractivity contribution in [2.24, 2.45) is 0 Å². The van der Waals surface area contributed by atoms with Crippen LogP contribution in [0.5, 0.6) is 0 Å². The molecule has 1 N–H and O–H groups in total. The van der Waals surface area contributed by atoms with Crippen LogP contribution in [-0.2, 0) is 14.8 Å². The number of thiazole rings is 1. The van der Waals surface area contributed by atoms with Crippen molar-refractivity contribution in [3.63, 3.8) is 0 Å². The number of nitrogens with one attached hydrogen (secondary N) is 1. The highest BCUT2D eigenvalue weighted by Gasteiger charge is 2.23. The molecule has 1 heterocycles. The first-order valence-electron chi connectivity index (χ1n) is 7.01. The van der Waals surface area contributed by atoms with Crippen molar-refractivity contribution in [2.75, 3.05) is 18.4 Å². The Labute approximate surface area is 159 Å². The average molecular weight is 420 g/mol. The fourth-order valence-corrected chi connectivity index (χ4v) is 4.49. The molecule has 0 spiro atoms. The molecule has 0 atom stereocenters. The van der Waals surface area contributed by atoms with Crippen LogP contribution in [0.15, 0.2) is 48.4 Å². The number of hydrogen-bond acceptors (Lipinski definition) is 5. The van der Waals surface area contributed by atoms with Gasteiger partial charge >= 0.3 is 0 Å². The predicted octanol–water partition coefficient (Wildman–Crippen LogP) is 3.40. The number of carbonyl (C=O) groups excluding carboxylic acids is 1. The van der Waals surface area contributed by atoms with E-state index in [-0.39, 0.29) is 23.1 Å². The van der Waals surface area contributed by atoms with E-state index in [0.29, 0.717) is 10.2 Å². The Bertz CT molecular complexity index is 900. The van der Waals surface area contributed by atoms with Crippen molar-refractivity contribution in [1.82, 2.24) is 9.29 Å². The van der Waals surface area contributed by atoms with E-state index < -0.39 is 20.8 Å². The van der Waals surface area contributed by atoms with E-state index in [2.05, 4.69) is 23.5 Å². The van der Waals surface area contributed by atoms with Gasteiger partial charge in [0.15, 0.2) is 9.97 Å². The van der Waals surface area contributed by atoms with Crippen molar-refractivity contribution in [3.8, 4) is 0 Å². The normalized spacial score (nSPS) is 11.8. The Kier molecular flexibility index (Phi) is 6.59. The Hall–Kier alpha value is -1.45. The third-order valence-corrected chi connectivity index (χ3v) is 6.25. The number of amides is 1. The molecule has 2 aromatic rings. The number of alkyl halides is 2. The number of carbonyl (C=O) groups is 1. The van der Waals surface area contributed by atoms with Crippen LogP contribution in [0.4, 0.5) is 5.13 Å². The largest absolute Gasteiger partial charge is 0.300 e. The summed E-state index contributed by atoms with van der Waals surface area (Å²) in [6, 6.07) is 4.55. The zero-order chi connectivity index (χ0) is 18.6. The molecule has 25 heavy (non-hydrogen) atoms. The van der Waals surface area contributed by atoms with Crippen molar-refractivity contribution < 1.29 is 13.2 Å². The number of halogens is 2. The maximum absolute atomic E-state index is 12.7. The maximum Gasteiger partial charge on any atom is 0.259 e. The lowest BCUT2D eigenvalue weighted by atomic mass is 10.3. The zero-order valence-electron chi connectivity index (χ0n) is 13.0. The number of rotatable bonds is 8. The van der Waals surface area contributed by atoms with Gasteiger partial charge in [-0.3, -0.25) is 10.1 Å². The molecule has 0 aliphatic heterocycles. The van der Waals surface area contributed by atoms with Crippen LogP contribution in [0.2, 0.25) is 0 Å². The Balaban J connectivity index is 2.38. The molecule has 0 radical (unpaired) electrons. The van der Waals surface area contributed by atoms with Crippen LogP contribution in [0, 0.1) is 0 Å². The predicted molar refractivity (Wildman–Crippen MR) is 103 cm³/mol. The molecular weight excluding hydrogens is 405 g/mol. The van der Waals surface area contributed by atoms with Crippen molar-refractivity contribution >= 4 is 65.8 Å². The van der Waals surface area contributed by atoms with Crippen LogP contribution < -0.4 is 5.32 Å².